The molecule has 1 fully saturated rings. The van der Waals surface area contributed by atoms with Gasteiger partial charge in [-0.15, -0.1) is 0 Å². The minimum absolute atomic E-state index is 0.572. The zero-order valence-corrected chi connectivity index (χ0v) is 8.02. The van der Waals surface area contributed by atoms with Crippen LogP contribution in [-0.4, -0.2) is 13.7 Å². The lowest BCUT2D eigenvalue weighted by atomic mass is 9.65. The highest BCUT2D eigenvalue weighted by Gasteiger charge is 2.36. The van der Waals surface area contributed by atoms with Gasteiger partial charge in [-0.25, -0.2) is 0 Å². The van der Waals surface area contributed by atoms with Gasteiger partial charge in [-0.2, -0.15) is 0 Å². The Morgan fingerprint density at radius 1 is 1.36 bits per heavy atom. The highest BCUT2D eigenvalue weighted by molar-refractivity contribution is 4.88. The topological polar surface area (TPSA) is 9.23 Å². The molecule has 0 aromatic heterocycles. The number of rotatable bonds is 4. The predicted molar refractivity (Wildman–Crippen MR) is 47.6 cm³/mol. The summed E-state index contributed by atoms with van der Waals surface area (Å²) < 4.78 is 5.25. The molecule has 1 saturated carbocycles. The van der Waals surface area contributed by atoms with E-state index in [2.05, 4.69) is 13.8 Å². The van der Waals surface area contributed by atoms with Gasteiger partial charge in [-0.3, -0.25) is 0 Å². The van der Waals surface area contributed by atoms with Crippen molar-refractivity contribution in [3.8, 4) is 0 Å². The maximum absolute atomic E-state index is 5.25. The Morgan fingerprint density at radius 2 is 2.00 bits per heavy atom. The molecule has 0 spiro atoms. The molecule has 0 aromatic carbocycles. The van der Waals surface area contributed by atoms with E-state index < -0.39 is 0 Å². The van der Waals surface area contributed by atoms with Crippen molar-refractivity contribution >= 4 is 0 Å². The molecule has 0 aromatic rings. The van der Waals surface area contributed by atoms with Gasteiger partial charge in [0.25, 0.3) is 0 Å². The van der Waals surface area contributed by atoms with Gasteiger partial charge in [-0.05, 0) is 30.6 Å². The van der Waals surface area contributed by atoms with Gasteiger partial charge in [0.1, 0.15) is 0 Å². The average molecular weight is 156 g/mol. The van der Waals surface area contributed by atoms with Gasteiger partial charge in [0.15, 0.2) is 0 Å². The summed E-state index contributed by atoms with van der Waals surface area (Å²) in [5, 5.41) is 0. The third kappa shape index (κ3) is 2.19. The molecule has 0 N–H and O–H groups in total. The fourth-order valence-electron chi connectivity index (χ4n) is 2.26. The van der Waals surface area contributed by atoms with E-state index in [1.54, 1.807) is 0 Å². The molecule has 11 heavy (non-hydrogen) atoms. The van der Waals surface area contributed by atoms with Gasteiger partial charge in [0.05, 0.1) is 6.61 Å². The van der Waals surface area contributed by atoms with E-state index in [-0.39, 0.29) is 0 Å². The second-order valence-electron chi connectivity index (χ2n) is 4.38. The van der Waals surface area contributed by atoms with E-state index in [9.17, 15) is 0 Å². The minimum Gasteiger partial charge on any atom is -0.384 e. The molecule has 1 aliphatic carbocycles. The zero-order chi connectivity index (χ0) is 8.32. The first-order valence-electron chi connectivity index (χ1n) is 4.67. The second-order valence-corrected chi connectivity index (χ2v) is 4.38. The van der Waals surface area contributed by atoms with Gasteiger partial charge in [0, 0.05) is 7.11 Å². The number of hydrogen-bond acceptors (Lipinski definition) is 1. The van der Waals surface area contributed by atoms with Crippen LogP contribution in [-0.2, 0) is 4.74 Å². The van der Waals surface area contributed by atoms with Crippen molar-refractivity contribution in [1.82, 2.24) is 0 Å². The largest absolute Gasteiger partial charge is 0.384 e. The number of hydrogen-bond donors (Lipinski definition) is 0. The smallest absolute Gasteiger partial charge is 0.0518 e. The van der Waals surface area contributed by atoms with Crippen LogP contribution in [0.4, 0.5) is 0 Å². The molecule has 1 rings (SSSR count). The maximum atomic E-state index is 5.25. The van der Waals surface area contributed by atoms with Crippen molar-refractivity contribution in [2.24, 2.45) is 11.3 Å². The van der Waals surface area contributed by atoms with Crippen LogP contribution in [0, 0.1) is 11.3 Å². The second kappa shape index (κ2) is 3.57. The van der Waals surface area contributed by atoms with Gasteiger partial charge in [-0.1, -0.05) is 20.3 Å². The monoisotopic (exact) mass is 156 g/mol. The van der Waals surface area contributed by atoms with Gasteiger partial charge in [0.2, 0.25) is 0 Å². The van der Waals surface area contributed by atoms with Crippen LogP contribution in [0.15, 0.2) is 0 Å². The summed E-state index contributed by atoms with van der Waals surface area (Å²) in [4.78, 5) is 0. The molecule has 1 heteroatoms. The van der Waals surface area contributed by atoms with E-state index in [1.165, 1.54) is 25.7 Å². The van der Waals surface area contributed by atoms with Crippen LogP contribution in [0.3, 0.4) is 0 Å². The number of ether oxygens (including phenoxy) is 1. The van der Waals surface area contributed by atoms with Crippen LogP contribution < -0.4 is 0 Å². The van der Waals surface area contributed by atoms with Crippen molar-refractivity contribution < 1.29 is 4.74 Å². The molecular weight excluding hydrogens is 136 g/mol. The van der Waals surface area contributed by atoms with E-state index in [1.807, 2.05) is 7.11 Å². The van der Waals surface area contributed by atoms with Crippen LogP contribution >= 0.6 is 0 Å². The Hall–Kier alpha value is -0.0400. The molecule has 0 radical (unpaired) electrons. The van der Waals surface area contributed by atoms with Crippen molar-refractivity contribution in [2.45, 2.75) is 39.5 Å². The lowest BCUT2D eigenvalue weighted by Gasteiger charge is -2.42. The summed E-state index contributed by atoms with van der Waals surface area (Å²) >= 11 is 0. The van der Waals surface area contributed by atoms with Gasteiger partial charge >= 0.3 is 0 Å². The fourth-order valence-corrected chi connectivity index (χ4v) is 2.26. The van der Waals surface area contributed by atoms with Crippen molar-refractivity contribution in [1.29, 1.82) is 0 Å². The molecular formula is C10H20O. The molecule has 0 bridgehead atoms. The van der Waals surface area contributed by atoms with E-state index in [0.29, 0.717) is 5.41 Å². The summed E-state index contributed by atoms with van der Waals surface area (Å²) in [6, 6.07) is 0. The molecule has 0 heterocycles. The molecule has 1 nitrogen and oxygen atoms in total. The highest BCUT2D eigenvalue weighted by atomic mass is 16.5. The van der Waals surface area contributed by atoms with Crippen LogP contribution in [0.25, 0.3) is 0 Å². The zero-order valence-electron chi connectivity index (χ0n) is 8.02. The molecule has 0 amide bonds. The Kier molecular flexibility index (Phi) is 2.94. The molecule has 0 saturated heterocycles. The normalized spacial score (nSPS) is 21.8. The summed E-state index contributed by atoms with van der Waals surface area (Å²) in [6.07, 6.45) is 5.54. The van der Waals surface area contributed by atoms with E-state index >= 15 is 0 Å². The van der Waals surface area contributed by atoms with Crippen molar-refractivity contribution in [3.63, 3.8) is 0 Å². The third-order valence-corrected chi connectivity index (χ3v) is 2.71. The van der Waals surface area contributed by atoms with Crippen LogP contribution in [0.2, 0.25) is 0 Å². The van der Waals surface area contributed by atoms with Crippen molar-refractivity contribution in [2.75, 3.05) is 13.7 Å². The Morgan fingerprint density at radius 3 is 2.27 bits per heavy atom. The lowest BCUT2D eigenvalue weighted by molar-refractivity contribution is 0.000975. The predicted octanol–water partition coefficient (Wildman–Crippen LogP) is 2.85. The standard InChI is InChI=1S/C10H20O/c1-9(2)7-10(8-11-3)5-4-6-10/h9H,4-8H2,1-3H3. The first-order valence-corrected chi connectivity index (χ1v) is 4.67. The minimum atomic E-state index is 0.572. The van der Waals surface area contributed by atoms with E-state index in [0.717, 1.165) is 12.5 Å². The first-order chi connectivity index (χ1) is 5.18. The molecule has 0 unspecified atom stereocenters. The molecule has 0 atom stereocenters. The maximum Gasteiger partial charge on any atom is 0.0518 e. The van der Waals surface area contributed by atoms with Crippen LogP contribution in [0.1, 0.15) is 39.5 Å². The SMILES string of the molecule is COCC1(CC(C)C)CCC1. The summed E-state index contributed by atoms with van der Waals surface area (Å²) in [5.74, 6) is 0.824. The average Bonchev–Trinajstić information content (AvgIpc) is 1.82. The van der Waals surface area contributed by atoms with Crippen molar-refractivity contribution in [3.05, 3.63) is 0 Å². The van der Waals surface area contributed by atoms with E-state index in [4.69, 9.17) is 4.74 Å². The van der Waals surface area contributed by atoms with Crippen LogP contribution in [0.5, 0.6) is 0 Å². The fraction of sp³-hybridized carbons (Fsp3) is 1.00. The molecule has 66 valence electrons. The molecule has 0 aliphatic heterocycles. The quantitative estimate of drug-likeness (QED) is 0.608. The summed E-state index contributed by atoms with van der Waals surface area (Å²) in [7, 11) is 1.82. The summed E-state index contributed by atoms with van der Waals surface area (Å²) in [6.45, 7) is 5.58. The highest BCUT2D eigenvalue weighted by Crippen LogP contribution is 2.45. The first kappa shape index (κ1) is 9.05. The Labute approximate surface area is 70.1 Å². The third-order valence-electron chi connectivity index (χ3n) is 2.71. The Balaban J connectivity index is 2.33. The summed E-state index contributed by atoms with van der Waals surface area (Å²) in [5.41, 5.74) is 0.572. The Bertz CT molecular complexity index is 114. The lowest BCUT2D eigenvalue weighted by Crippen LogP contribution is -2.35. The number of methoxy groups -OCH3 is 1. The van der Waals surface area contributed by atoms with Gasteiger partial charge < -0.3 is 4.74 Å². The molecule has 1 aliphatic rings.